The maximum Gasteiger partial charge on any atom is 0.0562 e. The summed E-state index contributed by atoms with van der Waals surface area (Å²) in [5.74, 6) is 0. The predicted octanol–water partition coefficient (Wildman–Crippen LogP) is 1.10. The van der Waals surface area contributed by atoms with Crippen LogP contribution in [0, 0.1) is 5.41 Å². The maximum atomic E-state index is 5.46. The zero-order valence-electron chi connectivity index (χ0n) is 10.3. The predicted molar refractivity (Wildman–Crippen MR) is 62.1 cm³/mol. The highest BCUT2D eigenvalue weighted by molar-refractivity contribution is 5.04. The molecule has 2 rings (SSSR count). The minimum atomic E-state index is 0.280. The smallest absolute Gasteiger partial charge is 0.0562 e. The largest absolute Gasteiger partial charge is 0.380 e. The Labute approximate surface area is 93.2 Å². The quantitative estimate of drug-likeness (QED) is 0.758. The molecule has 0 radical (unpaired) electrons. The standard InChI is InChI=1S/C12H24N2O/c1-4-12(9-15-10-12)11(2,3)14-7-5-13-6-8-14/h13H,4-10H2,1-3H3. The van der Waals surface area contributed by atoms with Crippen molar-refractivity contribution in [3.8, 4) is 0 Å². The summed E-state index contributed by atoms with van der Waals surface area (Å²) in [6.45, 7) is 13.6. The molecule has 1 N–H and O–H groups in total. The molecule has 2 saturated heterocycles. The number of piperazine rings is 1. The first-order valence-corrected chi connectivity index (χ1v) is 6.16. The Hall–Kier alpha value is -0.120. The molecule has 2 aliphatic heterocycles. The molecule has 0 aromatic heterocycles. The van der Waals surface area contributed by atoms with E-state index in [1.165, 1.54) is 19.5 Å². The van der Waals surface area contributed by atoms with Gasteiger partial charge in [-0.2, -0.15) is 0 Å². The molecule has 0 bridgehead atoms. The van der Waals surface area contributed by atoms with Crippen molar-refractivity contribution in [2.75, 3.05) is 39.4 Å². The Morgan fingerprint density at radius 1 is 1.27 bits per heavy atom. The molecule has 3 heteroatoms. The molecule has 15 heavy (non-hydrogen) atoms. The van der Waals surface area contributed by atoms with Crippen molar-refractivity contribution in [2.45, 2.75) is 32.7 Å². The zero-order valence-corrected chi connectivity index (χ0v) is 10.3. The van der Waals surface area contributed by atoms with Crippen molar-refractivity contribution in [1.82, 2.24) is 10.2 Å². The van der Waals surface area contributed by atoms with E-state index in [9.17, 15) is 0 Å². The molecular weight excluding hydrogens is 188 g/mol. The Balaban J connectivity index is 2.09. The van der Waals surface area contributed by atoms with E-state index in [4.69, 9.17) is 4.74 Å². The van der Waals surface area contributed by atoms with Gasteiger partial charge in [0.2, 0.25) is 0 Å². The van der Waals surface area contributed by atoms with Crippen LogP contribution in [0.25, 0.3) is 0 Å². The minimum absolute atomic E-state index is 0.280. The third-order valence-corrected chi connectivity index (χ3v) is 4.64. The van der Waals surface area contributed by atoms with Gasteiger partial charge >= 0.3 is 0 Å². The van der Waals surface area contributed by atoms with Crippen LogP contribution in [-0.2, 0) is 4.74 Å². The lowest BCUT2D eigenvalue weighted by molar-refractivity contribution is -0.189. The van der Waals surface area contributed by atoms with Gasteiger partial charge in [0, 0.05) is 37.1 Å². The van der Waals surface area contributed by atoms with Crippen LogP contribution >= 0.6 is 0 Å². The average molecular weight is 212 g/mol. The summed E-state index contributed by atoms with van der Waals surface area (Å²) in [4.78, 5) is 2.63. The summed E-state index contributed by atoms with van der Waals surface area (Å²) in [5, 5.41) is 3.42. The average Bonchev–Trinajstić information content (AvgIpc) is 2.18. The van der Waals surface area contributed by atoms with Crippen molar-refractivity contribution in [2.24, 2.45) is 5.41 Å². The van der Waals surface area contributed by atoms with Gasteiger partial charge < -0.3 is 10.1 Å². The van der Waals surface area contributed by atoms with Gasteiger partial charge in [0.1, 0.15) is 0 Å². The fourth-order valence-electron chi connectivity index (χ4n) is 2.90. The van der Waals surface area contributed by atoms with E-state index in [1.54, 1.807) is 0 Å². The number of hydrogen-bond acceptors (Lipinski definition) is 3. The topological polar surface area (TPSA) is 24.5 Å². The highest BCUT2D eigenvalue weighted by Crippen LogP contribution is 2.45. The summed E-state index contributed by atoms with van der Waals surface area (Å²) in [6, 6.07) is 0. The molecule has 3 nitrogen and oxygen atoms in total. The van der Waals surface area contributed by atoms with E-state index in [0.29, 0.717) is 5.41 Å². The third-order valence-electron chi connectivity index (χ3n) is 4.64. The molecule has 2 aliphatic rings. The SMILES string of the molecule is CCC1(C(C)(C)N2CCNCC2)COC1. The molecule has 0 aliphatic carbocycles. The third kappa shape index (κ3) is 1.71. The zero-order chi connectivity index (χ0) is 10.9. The van der Waals surface area contributed by atoms with E-state index in [0.717, 1.165) is 26.3 Å². The Kier molecular flexibility index (Phi) is 3.06. The molecule has 0 aromatic carbocycles. The maximum absolute atomic E-state index is 5.46. The van der Waals surface area contributed by atoms with Crippen molar-refractivity contribution in [3.05, 3.63) is 0 Å². The first kappa shape index (κ1) is 11.4. The lowest BCUT2D eigenvalue weighted by Gasteiger charge is -2.57. The fraction of sp³-hybridized carbons (Fsp3) is 1.00. The number of nitrogens with zero attached hydrogens (tertiary/aromatic N) is 1. The van der Waals surface area contributed by atoms with E-state index < -0.39 is 0 Å². The second-order valence-electron chi connectivity index (χ2n) is 5.42. The van der Waals surface area contributed by atoms with E-state index >= 15 is 0 Å². The molecule has 0 atom stereocenters. The molecule has 0 saturated carbocycles. The van der Waals surface area contributed by atoms with Crippen LogP contribution in [0.15, 0.2) is 0 Å². The van der Waals surface area contributed by atoms with Gasteiger partial charge in [-0.1, -0.05) is 6.92 Å². The monoisotopic (exact) mass is 212 g/mol. The first-order chi connectivity index (χ1) is 7.12. The van der Waals surface area contributed by atoms with Gasteiger partial charge in [0.15, 0.2) is 0 Å². The van der Waals surface area contributed by atoms with E-state index in [2.05, 4.69) is 31.0 Å². The van der Waals surface area contributed by atoms with Crippen LogP contribution in [0.2, 0.25) is 0 Å². The van der Waals surface area contributed by atoms with Crippen LogP contribution in [0.3, 0.4) is 0 Å². The van der Waals surface area contributed by atoms with Gasteiger partial charge in [-0.05, 0) is 20.3 Å². The lowest BCUT2D eigenvalue weighted by Crippen LogP contribution is -2.66. The molecule has 2 heterocycles. The fourth-order valence-corrected chi connectivity index (χ4v) is 2.90. The van der Waals surface area contributed by atoms with Gasteiger partial charge in [0.05, 0.1) is 13.2 Å². The lowest BCUT2D eigenvalue weighted by atomic mass is 9.67. The molecule has 0 aromatic rings. The van der Waals surface area contributed by atoms with Crippen molar-refractivity contribution in [3.63, 3.8) is 0 Å². The van der Waals surface area contributed by atoms with Crippen molar-refractivity contribution in [1.29, 1.82) is 0 Å². The summed E-state index contributed by atoms with van der Waals surface area (Å²) in [6.07, 6.45) is 1.23. The van der Waals surface area contributed by atoms with Gasteiger partial charge in [0.25, 0.3) is 0 Å². The Morgan fingerprint density at radius 3 is 2.27 bits per heavy atom. The van der Waals surface area contributed by atoms with Crippen molar-refractivity contribution >= 4 is 0 Å². The molecule has 0 spiro atoms. The first-order valence-electron chi connectivity index (χ1n) is 6.16. The van der Waals surface area contributed by atoms with Crippen LogP contribution in [-0.4, -0.2) is 49.8 Å². The molecule has 0 amide bonds. The van der Waals surface area contributed by atoms with E-state index in [1.807, 2.05) is 0 Å². The molecular formula is C12H24N2O. The van der Waals surface area contributed by atoms with Gasteiger partial charge in [-0.15, -0.1) is 0 Å². The number of rotatable bonds is 3. The summed E-state index contributed by atoms with van der Waals surface area (Å²) < 4.78 is 5.46. The van der Waals surface area contributed by atoms with Crippen LogP contribution in [0.4, 0.5) is 0 Å². The van der Waals surface area contributed by atoms with Crippen LogP contribution in [0.1, 0.15) is 27.2 Å². The van der Waals surface area contributed by atoms with E-state index in [-0.39, 0.29) is 5.54 Å². The summed E-state index contributed by atoms with van der Waals surface area (Å²) in [7, 11) is 0. The van der Waals surface area contributed by atoms with Crippen LogP contribution < -0.4 is 5.32 Å². The Morgan fingerprint density at radius 2 is 1.87 bits per heavy atom. The Bertz CT molecular complexity index is 212. The molecule has 0 unspecified atom stereocenters. The normalized spacial score (nSPS) is 27.4. The van der Waals surface area contributed by atoms with Gasteiger partial charge in [-0.3, -0.25) is 4.90 Å². The number of hydrogen-bond donors (Lipinski definition) is 1. The van der Waals surface area contributed by atoms with Gasteiger partial charge in [-0.25, -0.2) is 0 Å². The number of ether oxygens (including phenoxy) is 1. The highest BCUT2D eigenvalue weighted by Gasteiger charge is 2.52. The second kappa shape index (κ2) is 4.04. The molecule has 88 valence electrons. The minimum Gasteiger partial charge on any atom is -0.380 e. The van der Waals surface area contributed by atoms with Crippen LogP contribution in [0.5, 0.6) is 0 Å². The highest BCUT2D eigenvalue weighted by atomic mass is 16.5. The summed E-state index contributed by atoms with van der Waals surface area (Å²) >= 11 is 0. The second-order valence-corrected chi connectivity index (χ2v) is 5.42. The summed E-state index contributed by atoms with van der Waals surface area (Å²) in [5.41, 5.74) is 0.673. The molecule has 2 fully saturated rings. The number of nitrogens with one attached hydrogen (secondary N) is 1. The van der Waals surface area contributed by atoms with Crippen molar-refractivity contribution < 1.29 is 4.74 Å².